The molecule has 1 amide bonds. The van der Waals surface area contributed by atoms with Gasteiger partial charge in [0.2, 0.25) is 5.91 Å². The lowest BCUT2D eigenvalue weighted by atomic mass is 10.1. The molecule has 0 unspecified atom stereocenters. The number of nitrogens with two attached hydrogens (primary N) is 1. The molecule has 7 heteroatoms. The molecule has 158 valence electrons. The van der Waals surface area contributed by atoms with Crippen molar-refractivity contribution in [2.75, 3.05) is 11.1 Å². The molecule has 5 rings (SSSR count). The third-order valence-corrected chi connectivity index (χ3v) is 5.75. The Labute approximate surface area is 185 Å². The third kappa shape index (κ3) is 3.91. The Kier molecular flexibility index (Phi) is 4.83. The molecule has 1 aliphatic carbocycles. The van der Waals surface area contributed by atoms with Crippen molar-refractivity contribution in [2.24, 2.45) is 13.0 Å². The summed E-state index contributed by atoms with van der Waals surface area (Å²) in [5.41, 5.74) is 9.85. The van der Waals surface area contributed by atoms with Crippen molar-refractivity contribution in [3.05, 3.63) is 77.4 Å². The van der Waals surface area contributed by atoms with Crippen LogP contribution in [0.5, 0.6) is 0 Å². The Hall–Kier alpha value is -4.18. The Morgan fingerprint density at radius 2 is 2.06 bits per heavy atom. The minimum Gasteiger partial charge on any atom is -0.383 e. The number of aryl methyl sites for hydroxylation is 2. The van der Waals surface area contributed by atoms with Crippen LogP contribution in [0.1, 0.15) is 34.7 Å². The first-order valence-corrected chi connectivity index (χ1v) is 10.4. The fourth-order valence-electron chi connectivity index (χ4n) is 3.85. The van der Waals surface area contributed by atoms with E-state index in [9.17, 15) is 4.79 Å². The minimum atomic E-state index is -0.0604. The highest BCUT2D eigenvalue weighted by Gasteiger charge is 2.44. The van der Waals surface area contributed by atoms with Crippen molar-refractivity contribution in [3.8, 4) is 11.8 Å². The normalized spacial score (nSPS) is 16.9. The largest absolute Gasteiger partial charge is 0.383 e. The molecule has 1 fully saturated rings. The summed E-state index contributed by atoms with van der Waals surface area (Å²) in [5, 5.41) is 8.68. The van der Waals surface area contributed by atoms with Gasteiger partial charge in [0.05, 0.1) is 6.20 Å². The summed E-state index contributed by atoms with van der Waals surface area (Å²) >= 11 is 0. The molecule has 4 aromatic rings. The van der Waals surface area contributed by atoms with Gasteiger partial charge in [-0.25, -0.2) is 9.97 Å². The summed E-state index contributed by atoms with van der Waals surface area (Å²) in [6.45, 7) is 2.02. The lowest BCUT2D eigenvalue weighted by molar-refractivity contribution is -0.117. The van der Waals surface area contributed by atoms with Gasteiger partial charge in [0.1, 0.15) is 17.3 Å². The van der Waals surface area contributed by atoms with Crippen molar-refractivity contribution in [2.45, 2.75) is 19.3 Å². The number of pyridine rings is 2. The zero-order valence-electron chi connectivity index (χ0n) is 17.8. The summed E-state index contributed by atoms with van der Waals surface area (Å²) in [4.78, 5) is 21.4. The monoisotopic (exact) mass is 422 g/mol. The summed E-state index contributed by atoms with van der Waals surface area (Å²) in [6.07, 6.45) is 6.24. The number of nitrogens with one attached hydrogen (secondary N) is 1. The topological polar surface area (TPSA) is 98.7 Å². The second kappa shape index (κ2) is 7.82. The number of aromatic nitrogens is 4. The van der Waals surface area contributed by atoms with Crippen molar-refractivity contribution >= 4 is 28.3 Å². The number of nitrogen functional groups attached to an aromatic ring is 1. The van der Waals surface area contributed by atoms with Crippen LogP contribution in [0, 0.1) is 24.7 Å². The van der Waals surface area contributed by atoms with Gasteiger partial charge in [-0.2, -0.15) is 5.10 Å². The van der Waals surface area contributed by atoms with Gasteiger partial charge in [0.15, 0.2) is 0 Å². The predicted molar refractivity (Wildman–Crippen MR) is 124 cm³/mol. The number of hydrogen-bond donors (Lipinski definition) is 2. The Balaban J connectivity index is 1.36. The second-order valence-electron chi connectivity index (χ2n) is 8.13. The zero-order valence-corrected chi connectivity index (χ0v) is 17.8. The maximum Gasteiger partial charge on any atom is 0.229 e. The third-order valence-electron chi connectivity index (χ3n) is 5.75. The van der Waals surface area contributed by atoms with Gasteiger partial charge in [0.25, 0.3) is 0 Å². The van der Waals surface area contributed by atoms with Gasteiger partial charge >= 0.3 is 0 Å². The van der Waals surface area contributed by atoms with E-state index >= 15 is 0 Å². The van der Waals surface area contributed by atoms with Crippen LogP contribution in [0.25, 0.3) is 10.8 Å². The number of carbonyl (C=O) groups is 1. The molecule has 3 N–H and O–H groups in total. The number of nitrogens with zero attached hydrogens (tertiary/aromatic N) is 4. The van der Waals surface area contributed by atoms with Crippen LogP contribution in [-0.4, -0.2) is 25.7 Å². The molecule has 1 saturated carbocycles. The average molecular weight is 422 g/mol. The molecule has 1 aromatic carbocycles. The SMILES string of the molecule is Cc1ccccc1C#Cc1cc2cc(NC(=O)[C@H]3C[C@@H]3c3cnn(C)c3)ncc2c(N)n1. The van der Waals surface area contributed by atoms with E-state index in [0.29, 0.717) is 17.3 Å². The summed E-state index contributed by atoms with van der Waals surface area (Å²) < 4.78 is 1.76. The Morgan fingerprint density at radius 3 is 2.84 bits per heavy atom. The molecule has 1 aliphatic rings. The van der Waals surface area contributed by atoms with E-state index in [0.717, 1.165) is 33.9 Å². The molecule has 0 saturated heterocycles. The van der Waals surface area contributed by atoms with Crippen LogP contribution in [0.3, 0.4) is 0 Å². The number of hydrogen-bond acceptors (Lipinski definition) is 5. The molecular formula is C25H22N6O. The standard InChI is InChI=1S/C25H22N6O/c1-15-5-3-4-6-16(15)7-8-19-9-17-10-23(27-13-22(17)24(26)29-19)30-25(32)21-11-20(21)18-12-28-31(2)14-18/h3-6,9-10,12-14,20-21H,11H2,1-2H3,(H2,26,29)(H,27,30,32)/t20-,21+/m1/s1. The van der Waals surface area contributed by atoms with E-state index in [2.05, 4.69) is 32.2 Å². The quantitative estimate of drug-likeness (QED) is 0.493. The van der Waals surface area contributed by atoms with Gasteiger partial charge in [-0.05, 0) is 59.9 Å². The molecule has 3 aromatic heterocycles. The van der Waals surface area contributed by atoms with Gasteiger partial charge in [-0.3, -0.25) is 9.48 Å². The number of fused-ring (bicyclic) bond motifs is 1. The molecular weight excluding hydrogens is 400 g/mol. The van der Waals surface area contributed by atoms with Crippen LogP contribution in [0.15, 0.2) is 55.0 Å². The van der Waals surface area contributed by atoms with E-state index < -0.39 is 0 Å². The first kappa shape index (κ1) is 19.8. The molecule has 0 radical (unpaired) electrons. The Morgan fingerprint density at radius 1 is 1.22 bits per heavy atom. The van der Waals surface area contributed by atoms with Crippen molar-refractivity contribution in [1.29, 1.82) is 0 Å². The van der Waals surface area contributed by atoms with Gasteiger partial charge in [-0.1, -0.05) is 24.1 Å². The predicted octanol–water partition coefficient (Wildman–Crippen LogP) is 3.40. The minimum absolute atomic E-state index is 0.0349. The molecule has 0 spiro atoms. The van der Waals surface area contributed by atoms with Crippen molar-refractivity contribution in [1.82, 2.24) is 19.7 Å². The summed E-state index contributed by atoms with van der Waals surface area (Å²) in [7, 11) is 1.88. The van der Waals surface area contributed by atoms with Gasteiger partial charge in [0, 0.05) is 36.3 Å². The van der Waals surface area contributed by atoms with Crippen LogP contribution in [0.2, 0.25) is 0 Å². The van der Waals surface area contributed by atoms with E-state index in [1.165, 1.54) is 0 Å². The van der Waals surface area contributed by atoms with E-state index in [4.69, 9.17) is 5.73 Å². The molecule has 0 bridgehead atoms. The summed E-state index contributed by atoms with van der Waals surface area (Å²) in [5.74, 6) is 7.22. The van der Waals surface area contributed by atoms with Crippen molar-refractivity contribution < 1.29 is 4.79 Å². The first-order valence-electron chi connectivity index (χ1n) is 10.4. The van der Waals surface area contributed by atoms with Gasteiger partial charge in [-0.15, -0.1) is 0 Å². The van der Waals surface area contributed by atoms with Crippen LogP contribution < -0.4 is 11.1 Å². The van der Waals surface area contributed by atoms with Crippen LogP contribution in [-0.2, 0) is 11.8 Å². The maximum absolute atomic E-state index is 12.7. The molecule has 3 heterocycles. The van der Waals surface area contributed by atoms with Crippen LogP contribution in [0.4, 0.5) is 11.6 Å². The van der Waals surface area contributed by atoms with E-state index in [1.54, 1.807) is 10.9 Å². The highest BCUT2D eigenvalue weighted by atomic mass is 16.2. The lowest BCUT2D eigenvalue weighted by Gasteiger charge is -2.07. The Bertz CT molecular complexity index is 1410. The number of amides is 1. The average Bonchev–Trinajstić information content (AvgIpc) is 3.46. The number of rotatable bonds is 3. The highest BCUT2D eigenvalue weighted by molar-refractivity contribution is 5.98. The number of anilines is 2. The maximum atomic E-state index is 12.7. The second-order valence-corrected chi connectivity index (χ2v) is 8.13. The van der Waals surface area contributed by atoms with Crippen molar-refractivity contribution in [3.63, 3.8) is 0 Å². The number of benzene rings is 1. The highest BCUT2D eigenvalue weighted by Crippen LogP contribution is 2.47. The summed E-state index contributed by atoms with van der Waals surface area (Å²) in [6, 6.07) is 11.6. The van der Waals surface area contributed by atoms with E-state index in [1.807, 2.05) is 62.8 Å². The van der Waals surface area contributed by atoms with Gasteiger partial charge < -0.3 is 11.1 Å². The molecule has 0 aliphatic heterocycles. The van der Waals surface area contributed by atoms with Crippen LogP contribution >= 0.6 is 0 Å². The molecule has 2 atom stereocenters. The fourth-order valence-corrected chi connectivity index (χ4v) is 3.85. The lowest BCUT2D eigenvalue weighted by Crippen LogP contribution is -2.15. The number of carbonyl (C=O) groups excluding carboxylic acids is 1. The fraction of sp³-hybridized carbons (Fsp3) is 0.200. The first-order chi connectivity index (χ1) is 15.5. The molecule has 32 heavy (non-hydrogen) atoms. The molecule has 7 nitrogen and oxygen atoms in total. The zero-order chi connectivity index (χ0) is 22.2. The van der Waals surface area contributed by atoms with E-state index in [-0.39, 0.29) is 17.7 Å². The smallest absolute Gasteiger partial charge is 0.229 e.